The molecule has 1 fully saturated rings. The SMILES string of the molecule is O=C(NCc1cc(C(=O)O)ccn1)NCC1CCSC1. The van der Waals surface area contributed by atoms with Gasteiger partial charge in [-0.05, 0) is 36.0 Å². The number of aromatic nitrogens is 1. The Balaban J connectivity index is 1.75. The maximum Gasteiger partial charge on any atom is 0.335 e. The lowest BCUT2D eigenvalue weighted by atomic mass is 10.1. The van der Waals surface area contributed by atoms with Crippen molar-refractivity contribution >= 4 is 23.8 Å². The first-order valence-electron chi connectivity index (χ1n) is 6.43. The molecule has 2 heterocycles. The van der Waals surface area contributed by atoms with Crippen LogP contribution in [0.5, 0.6) is 0 Å². The zero-order valence-electron chi connectivity index (χ0n) is 11.0. The number of carboxylic acids is 1. The van der Waals surface area contributed by atoms with E-state index in [-0.39, 0.29) is 18.1 Å². The van der Waals surface area contributed by atoms with Gasteiger partial charge in [0, 0.05) is 12.7 Å². The summed E-state index contributed by atoms with van der Waals surface area (Å²) in [4.78, 5) is 26.5. The molecule has 1 aliphatic heterocycles. The molecule has 0 aromatic carbocycles. The first-order valence-corrected chi connectivity index (χ1v) is 7.58. The Morgan fingerprint density at radius 1 is 1.45 bits per heavy atom. The Bertz CT molecular complexity index is 490. The Morgan fingerprint density at radius 2 is 2.30 bits per heavy atom. The number of carbonyl (C=O) groups is 2. The molecule has 0 spiro atoms. The van der Waals surface area contributed by atoms with E-state index in [4.69, 9.17) is 5.11 Å². The average Bonchev–Trinajstić information content (AvgIpc) is 2.96. The van der Waals surface area contributed by atoms with Crippen molar-refractivity contribution in [1.29, 1.82) is 0 Å². The molecule has 2 rings (SSSR count). The molecule has 1 unspecified atom stereocenters. The van der Waals surface area contributed by atoms with Crippen LogP contribution in [0.2, 0.25) is 0 Å². The molecule has 6 nitrogen and oxygen atoms in total. The van der Waals surface area contributed by atoms with Crippen LogP contribution in [0.15, 0.2) is 18.3 Å². The van der Waals surface area contributed by atoms with Gasteiger partial charge in [-0.15, -0.1) is 0 Å². The van der Waals surface area contributed by atoms with Crippen LogP contribution in [0.25, 0.3) is 0 Å². The lowest BCUT2D eigenvalue weighted by Crippen LogP contribution is -2.38. The van der Waals surface area contributed by atoms with E-state index in [0.29, 0.717) is 18.2 Å². The number of nitrogens with zero attached hydrogens (tertiary/aromatic N) is 1. The van der Waals surface area contributed by atoms with E-state index in [0.717, 1.165) is 12.2 Å². The van der Waals surface area contributed by atoms with Crippen LogP contribution in [0, 0.1) is 5.92 Å². The van der Waals surface area contributed by atoms with Gasteiger partial charge in [-0.25, -0.2) is 9.59 Å². The van der Waals surface area contributed by atoms with Crippen LogP contribution in [-0.2, 0) is 6.54 Å². The number of carbonyl (C=O) groups excluding carboxylic acids is 1. The highest BCUT2D eigenvalue weighted by molar-refractivity contribution is 7.99. The average molecular weight is 295 g/mol. The van der Waals surface area contributed by atoms with E-state index < -0.39 is 5.97 Å². The highest BCUT2D eigenvalue weighted by Crippen LogP contribution is 2.22. The molecule has 0 aliphatic carbocycles. The summed E-state index contributed by atoms with van der Waals surface area (Å²) in [7, 11) is 0. The highest BCUT2D eigenvalue weighted by Gasteiger charge is 2.16. The van der Waals surface area contributed by atoms with Crippen LogP contribution < -0.4 is 10.6 Å². The summed E-state index contributed by atoms with van der Waals surface area (Å²) in [5.74, 6) is 1.82. The second-order valence-electron chi connectivity index (χ2n) is 4.63. The van der Waals surface area contributed by atoms with Crippen LogP contribution in [-0.4, -0.2) is 40.1 Å². The molecular weight excluding hydrogens is 278 g/mol. The van der Waals surface area contributed by atoms with Crippen molar-refractivity contribution in [2.75, 3.05) is 18.1 Å². The molecule has 2 amide bonds. The molecule has 0 saturated carbocycles. The Kier molecular flexibility index (Phi) is 5.23. The van der Waals surface area contributed by atoms with Crippen molar-refractivity contribution in [1.82, 2.24) is 15.6 Å². The lowest BCUT2D eigenvalue weighted by Gasteiger charge is -2.11. The van der Waals surface area contributed by atoms with Gasteiger partial charge in [0.25, 0.3) is 0 Å². The quantitative estimate of drug-likeness (QED) is 0.762. The maximum atomic E-state index is 11.6. The van der Waals surface area contributed by atoms with Gasteiger partial charge in [0.2, 0.25) is 0 Å². The summed E-state index contributed by atoms with van der Waals surface area (Å²) in [5, 5.41) is 14.4. The van der Waals surface area contributed by atoms with E-state index in [9.17, 15) is 9.59 Å². The second-order valence-corrected chi connectivity index (χ2v) is 5.78. The molecule has 0 bridgehead atoms. The number of carboxylic acid groups (broad SMARTS) is 1. The third-order valence-electron chi connectivity index (χ3n) is 3.07. The van der Waals surface area contributed by atoms with Crippen molar-refractivity contribution in [2.24, 2.45) is 5.92 Å². The van der Waals surface area contributed by atoms with E-state index >= 15 is 0 Å². The fourth-order valence-corrected chi connectivity index (χ4v) is 3.21. The van der Waals surface area contributed by atoms with Crippen molar-refractivity contribution < 1.29 is 14.7 Å². The molecule has 1 atom stereocenters. The fraction of sp³-hybridized carbons (Fsp3) is 0.462. The van der Waals surface area contributed by atoms with E-state index in [1.807, 2.05) is 11.8 Å². The van der Waals surface area contributed by atoms with E-state index in [1.54, 1.807) is 0 Å². The van der Waals surface area contributed by atoms with Gasteiger partial charge in [0.1, 0.15) is 0 Å². The van der Waals surface area contributed by atoms with Crippen molar-refractivity contribution in [3.63, 3.8) is 0 Å². The first kappa shape index (κ1) is 14.6. The molecule has 7 heteroatoms. The topological polar surface area (TPSA) is 91.3 Å². The Hall–Kier alpha value is -1.76. The summed E-state index contributed by atoms with van der Waals surface area (Å²) in [6, 6.07) is 2.63. The summed E-state index contributed by atoms with van der Waals surface area (Å²) >= 11 is 1.91. The van der Waals surface area contributed by atoms with E-state index in [2.05, 4.69) is 15.6 Å². The number of urea groups is 1. The zero-order valence-corrected chi connectivity index (χ0v) is 11.8. The number of hydrogen-bond acceptors (Lipinski definition) is 4. The molecule has 1 saturated heterocycles. The van der Waals surface area contributed by atoms with Gasteiger partial charge in [-0.1, -0.05) is 0 Å². The predicted molar refractivity (Wildman–Crippen MR) is 76.9 cm³/mol. The van der Waals surface area contributed by atoms with Crippen LogP contribution in [0.4, 0.5) is 4.79 Å². The van der Waals surface area contributed by atoms with Gasteiger partial charge in [-0.2, -0.15) is 11.8 Å². The standard InChI is InChI=1S/C13H17N3O3S/c17-12(18)10-1-3-14-11(5-10)7-16-13(19)15-6-9-2-4-20-8-9/h1,3,5,9H,2,4,6-8H2,(H,17,18)(H2,15,16,19). The van der Waals surface area contributed by atoms with Gasteiger partial charge >= 0.3 is 12.0 Å². The molecule has 3 N–H and O–H groups in total. The van der Waals surface area contributed by atoms with Gasteiger partial charge < -0.3 is 15.7 Å². The summed E-state index contributed by atoms with van der Waals surface area (Å²) in [6.45, 7) is 0.897. The second kappa shape index (κ2) is 7.14. The van der Waals surface area contributed by atoms with Crippen LogP contribution >= 0.6 is 11.8 Å². The monoisotopic (exact) mass is 295 g/mol. The number of rotatable bonds is 5. The minimum atomic E-state index is -1.00. The minimum absolute atomic E-state index is 0.167. The van der Waals surface area contributed by atoms with Crippen molar-refractivity contribution in [3.8, 4) is 0 Å². The number of thioether (sulfide) groups is 1. The Morgan fingerprint density at radius 3 is 3.00 bits per heavy atom. The van der Waals surface area contributed by atoms with Crippen molar-refractivity contribution in [2.45, 2.75) is 13.0 Å². The fourth-order valence-electron chi connectivity index (χ4n) is 1.92. The predicted octanol–water partition coefficient (Wildman–Crippen LogP) is 1.33. The molecular formula is C13H17N3O3S. The highest BCUT2D eigenvalue weighted by atomic mass is 32.2. The largest absolute Gasteiger partial charge is 0.478 e. The molecule has 108 valence electrons. The first-order chi connectivity index (χ1) is 9.65. The van der Waals surface area contributed by atoms with Gasteiger partial charge in [0.05, 0.1) is 17.8 Å². The summed E-state index contributed by atoms with van der Waals surface area (Å²) in [5.41, 5.74) is 0.691. The van der Waals surface area contributed by atoms with Crippen molar-refractivity contribution in [3.05, 3.63) is 29.6 Å². The maximum absolute atomic E-state index is 11.6. The van der Waals surface area contributed by atoms with E-state index in [1.165, 1.54) is 24.1 Å². The summed E-state index contributed by atoms with van der Waals surface area (Å²) < 4.78 is 0. The van der Waals surface area contributed by atoms with Gasteiger partial charge in [0.15, 0.2) is 0 Å². The third kappa shape index (κ3) is 4.41. The molecule has 0 radical (unpaired) electrons. The smallest absolute Gasteiger partial charge is 0.335 e. The lowest BCUT2D eigenvalue weighted by molar-refractivity contribution is 0.0696. The summed E-state index contributed by atoms with van der Waals surface area (Å²) in [6.07, 6.45) is 2.57. The van der Waals surface area contributed by atoms with Crippen LogP contribution in [0.1, 0.15) is 22.5 Å². The molecule has 1 aliphatic rings. The normalized spacial score (nSPS) is 17.7. The number of amides is 2. The zero-order chi connectivity index (χ0) is 14.4. The number of pyridine rings is 1. The molecule has 1 aromatic heterocycles. The third-order valence-corrected chi connectivity index (χ3v) is 4.30. The molecule has 20 heavy (non-hydrogen) atoms. The Labute approximate surface area is 121 Å². The number of nitrogens with one attached hydrogen (secondary N) is 2. The minimum Gasteiger partial charge on any atom is -0.478 e. The number of hydrogen-bond donors (Lipinski definition) is 3. The van der Waals surface area contributed by atoms with Gasteiger partial charge in [-0.3, -0.25) is 4.98 Å². The molecule has 1 aromatic rings. The van der Waals surface area contributed by atoms with Crippen LogP contribution in [0.3, 0.4) is 0 Å². The number of aromatic carboxylic acids is 1.